The number of piperidine rings is 1. The number of oxazole rings is 1. The quantitative estimate of drug-likeness (QED) is 0.559. The van der Waals surface area contributed by atoms with Crippen LogP contribution in [0.1, 0.15) is 31.7 Å². The molecular weight excluding hydrogens is 382 g/mol. The Bertz CT molecular complexity index is 1300. The highest BCUT2D eigenvalue weighted by atomic mass is 16.3. The number of fused-ring (bicyclic) bond motifs is 2. The lowest BCUT2D eigenvalue weighted by atomic mass is 10.0. The molecule has 0 saturated carbocycles. The molecule has 1 aliphatic heterocycles. The molecular formula is C22H23N5O3. The van der Waals surface area contributed by atoms with Crippen molar-refractivity contribution in [2.24, 2.45) is 0 Å². The van der Waals surface area contributed by atoms with Gasteiger partial charge in [-0.2, -0.15) is 5.10 Å². The van der Waals surface area contributed by atoms with E-state index in [-0.39, 0.29) is 17.4 Å². The molecule has 0 unspecified atom stereocenters. The van der Waals surface area contributed by atoms with Crippen molar-refractivity contribution >= 4 is 22.0 Å². The van der Waals surface area contributed by atoms with Crippen molar-refractivity contribution in [3.8, 4) is 17.0 Å². The summed E-state index contributed by atoms with van der Waals surface area (Å²) in [6.07, 6.45) is 3.48. The predicted octanol–water partition coefficient (Wildman–Crippen LogP) is 3.27. The summed E-state index contributed by atoms with van der Waals surface area (Å²) in [6.45, 7) is 6.91. The van der Waals surface area contributed by atoms with Gasteiger partial charge in [0.05, 0.1) is 28.8 Å². The highest BCUT2D eigenvalue weighted by Crippen LogP contribution is 2.33. The smallest absolute Gasteiger partial charge is 0.276 e. The summed E-state index contributed by atoms with van der Waals surface area (Å²) in [5.74, 6) is 0.592. The van der Waals surface area contributed by atoms with Crippen molar-refractivity contribution in [3.05, 3.63) is 46.7 Å². The van der Waals surface area contributed by atoms with Crippen LogP contribution in [0.4, 0.5) is 0 Å². The highest BCUT2D eigenvalue weighted by Gasteiger charge is 2.22. The van der Waals surface area contributed by atoms with Gasteiger partial charge in [-0.1, -0.05) is 6.92 Å². The van der Waals surface area contributed by atoms with Gasteiger partial charge in [0.2, 0.25) is 0 Å². The summed E-state index contributed by atoms with van der Waals surface area (Å²) >= 11 is 0. The van der Waals surface area contributed by atoms with Crippen molar-refractivity contribution in [1.82, 2.24) is 24.6 Å². The van der Waals surface area contributed by atoms with Crippen LogP contribution < -0.4 is 5.56 Å². The number of likely N-dealkylation sites (tertiary alicyclic amines) is 1. The minimum Gasteiger partial charge on any atom is -0.507 e. The Kier molecular flexibility index (Phi) is 4.51. The van der Waals surface area contributed by atoms with Crippen LogP contribution in [0.3, 0.4) is 0 Å². The Morgan fingerprint density at radius 3 is 2.73 bits per heavy atom. The van der Waals surface area contributed by atoms with E-state index in [2.05, 4.69) is 26.9 Å². The van der Waals surface area contributed by atoms with E-state index in [0.29, 0.717) is 39.2 Å². The maximum Gasteiger partial charge on any atom is 0.276 e. The summed E-state index contributed by atoms with van der Waals surface area (Å²) in [4.78, 5) is 24.2. The number of aromatic hydroxyl groups is 1. The first-order chi connectivity index (χ1) is 14.5. The molecule has 4 aromatic rings. The Hall–Kier alpha value is -3.26. The molecule has 4 heterocycles. The zero-order chi connectivity index (χ0) is 20.8. The molecule has 8 heteroatoms. The maximum atomic E-state index is 13.0. The average Bonchev–Trinajstić information content (AvgIpc) is 3.12. The van der Waals surface area contributed by atoms with E-state index in [1.165, 1.54) is 0 Å². The molecule has 154 valence electrons. The number of nitrogens with zero attached hydrogens (tertiary/aromatic N) is 5. The third kappa shape index (κ3) is 3.13. The van der Waals surface area contributed by atoms with Gasteiger partial charge in [-0.15, -0.1) is 0 Å². The van der Waals surface area contributed by atoms with E-state index in [0.717, 1.165) is 32.5 Å². The van der Waals surface area contributed by atoms with E-state index in [1.54, 1.807) is 42.1 Å². The number of pyridine rings is 1. The van der Waals surface area contributed by atoms with Gasteiger partial charge < -0.3 is 14.4 Å². The highest BCUT2D eigenvalue weighted by molar-refractivity contribution is 5.86. The van der Waals surface area contributed by atoms with Crippen LogP contribution in [0.5, 0.6) is 5.75 Å². The first-order valence-corrected chi connectivity index (χ1v) is 10.2. The van der Waals surface area contributed by atoms with Crippen LogP contribution in [-0.2, 0) is 0 Å². The fourth-order valence-electron chi connectivity index (χ4n) is 4.22. The first kappa shape index (κ1) is 18.7. The van der Waals surface area contributed by atoms with Gasteiger partial charge in [0.25, 0.3) is 5.56 Å². The van der Waals surface area contributed by atoms with Gasteiger partial charge in [0.1, 0.15) is 11.3 Å². The Morgan fingerprint density at radius 1 is 1.17 bits per heavy atom. The molecule has 1 fully saturated rings. The molecule has 30 heavy (non-hydrogen) atoms. The number of aromatic nitrogens is 4. The van der Waals surface area contributed by atoms with Gasteiger partial charge in [0.15, 0.2) is 11.5 Å². The molecule has 0 radical (unpaired) electrons. The minimum absolute atomic E-state index is 0.0617. The molecule has 1 aromatic carbocycles. The lowest BCUT2D eigenvalue weighted by Crippen LogP contribution is -2.38. The standard InChI is InChI=1S/C22H23N5O3/c1-3-26-8-6-14(7-9-26)27-22(29)15-4-5-17(25-19(15)12-23-27)16-10-21-18(11-20(16)28)24-13(2)30-21/h4-5,10-12,14,28H,3,6-9H2,1-2H3. The van der Waals surface area contributed by atoms with Gasteiger partial charge >= 0.3 is 0 Å². The fourth-order valence-corrected chi connectivity index (χ4v) is 4.22. The SMILES string of the molecule is CCN1CCC(n2ncc3nc(-c4cc5oc(C)nc5cc4O)ccc3c2=O)CC1. The Labute approximate surface area is 172 Å². The zero-order valence-corrected chi connectivity index (χ0v) is 17.0. The van der Waals surface area contributed by atoms with Crippen molar-refractivity contribution in [1.29, 1.82) is 0 Å². The van der Waals surface area contributed by atoms with E-state index < -0.39 is 0 Å². The summed E-state index contributed by atoms with van der Waals surface area (Å²) < 4.78 is 7.18. The maximum absolute atomic E-state index is 13.0. The van der Waals surface area contributed by atoms with Crippen LogP contribution in [0.25, 0.3) is 33.3 Å². The van der Waals surface area contributed by atoms with Crippen LogP contribution in [-0.4, -0.2) is 49.4 Å². The van der Waals surface area contributed by atoms with Crippen molar-refractivity contribution < 1.29 is 9.52 Å². The molecule has 0 aliphatic carbocycles. The van der Waals surface area contributed by atoms with Gasteiger partial charge in [-0.05, 0) is 37.6 Å². The molecule has 1 saturated heterocycles. The van der Waals surface area contributed by atoms with Crippen molar-refractivity contribution in [2.75, 3.05) is 19.6 Å². The van der Waals surface area contributed by atoms with Crippen LogP contribution in [0, 0.1) is 6.92 Å². The Balaban J connectivity index is 1.53. The molecule has 0 atom stereocenters. The number of benzene rings is 1. The number of phenols is 1. The molecule has 1 N–H and O–H groups in total. The molecule has 0 bridgehead atoms. The van der Waals surface area contributed by atoms with Crippen LogP contribution >= 0.6 is 0 Å². The lowest BCUT2D eigenvalue weighted by Gasteiger charge is -2.31. The number of aryl methyl sites for hydroxylation is 1. The molecule has 0 spiro atoms. The van der Waals surface area contributed by atoms with Crippen molar-refractivity contribution in [3.63, 3.8) is 0 Å². The number of hydrogen-bond donors (Lipinski definition) is 1. The summed E-state index contributed by atoms with van der Waals surface area (Å²) in [7, 11) is 0. The van der Waals surface area contributed by atoms with E-state index in [4.69, 9.17) is 4.42 Å². The second-order valence-electron chi connectivity index (χ2n) is 7.76. The summed E-state index contributed by atoms with van der Waals surface area (Å²) in [5, 5.41) is 15.4. The molecule has 5 rings (SSSR count). The first-order valence-electron chi connectivity index (χ1n) is 10.2. The summed E-state index contributed by atoms with van der Waals surface area (Å²) in [6, 6.07) is 6.90. The van der Waals surface area contributed by atoms with E-state index in [1.807, 2.05) is 0 Å². The van der Waals surface area contributed by atoms with E-state index in [9.17, 15) is 9.90 Å². The van der Waals surface area contributed by atoms with E-state index >= 15 is 0 Å². The average molecular weight is 405 g/mol. The molecule has 1 aliphatic rings. The third-order valence-electron chi connectivity index (χ3n) is 5.91. The second-order valence-corrected chi connectivity index (χ2v) is 7.76. The van der Waals surface area contributed by atoms with Gasteiger partial charge in [0, 0.05) is 31.6 Å². The summed E-state index contributed by atoms with van der Waals surface area (Å²) in [5.41, 5.74) is 2.63. The topological polar surface area (TPSA) is 97.3 Å². The largest absolute Gasteiger partial charge is 0.507 e. The molecule has 3 aromatic heterocycles. The second kappa shape index (κ2) is 7.21. The molecule has 0 amide bonds. The fraction of sp³-hybridized carbons (Fsp3) is 0.364. The Morgan fingerprint density at radius 2 is 1.97 bits per heavy atom. The van der Waals surface area contributed by atoms with Crippen LogP contribution in [0.15, 0.2) is 39.7 Å². The van der Waals surface area contributed by atoms with Gasteiger partial charge in [-0.25, -0.2) is 14.6 Å². The zero-order valence-electron chi connectivity index (χ0n) is 17.0. The number of phenolic OH excluding ortho intramolecular Hbond substituents is 1. The monoisotopic (exact) mass is 405 g/mol. The third-order valence-corrected chi connectivity index (χ3v) is 5.91. The number of hydrogen-bond acceptors (Lipinski definition) is 7. The predicted molar refractivity (Wildman–Crippen MR) is 114 cm³/mol. The molecule has 8 nitrogen and oxygen atoms in total. The normalized spacial score (nSPS) is 15.9. The van der Waals surface area contributed by atoms with Crippen molar-refractivity contribution in [2.45, 2.75) is 32.7 Å². The van der Waals surface area contributed by atoms with Gasteiger partial charge in [-0.3, -0.25) is 4.79 Å². The minimum atomic E-state index is -0.118. The lowest BCUT2D eigenvalue weighted by molar-refractivity contribution is 0.184. The number of rotatable bonds is 3. The van der Waals surface area contributed by atoms with Crippen LogP contribution in [0.2, 0.25) is 0 Å².